The Morgan fingerprint density at radius 2 is 2.12 bits per heavy atom. The van der Waals surface area contributed by atoms with Crippen molar-refractivity contribution in [1.29, 1.82) is 0 Å². The van der Waals surface area contributed by atoms with E-state index in [0.717, 1.165) is 18.6 Å². The van der Waals surface area contributed by atoms with Crippen LogP contribution in [0.1, 0.15) is 37.1 Å². The van der Waals surface area contributed by atoms with Gasteiger partial charge in [0.2, 0.25) is 0 Å². The van der Waals surface area contributed by atoms with E-state index in [9.17, 15) is 0 Å². The third-order valence-corrected chi connectivity index (χ3v) is 4.34. The number of aromatic nitrogens is 2. The van der Waals surface area contributed by atoms with Crippen LogP contribution in [0, 0.1) is 0 Å². The number of hydrogen-bond donors (Lipinski definition) is 1. The highest BCUT2D eigenvalue weighted by molar-refractivity contribution is 5.46. The molecule has 2 aromatic rings. The number of hydrogen-bond acceptors (Lipinski definition) is 2. The van der Waals surface area contributed by atoms with Crippen LogP contribution >= 0.6 is 0 Å². The van der Waals surface area contributed by atoms with Crippen molar-refractivity contribution in [3.05, 3.63) is 35.8 Å². The largest absolute Gasteiger partial charge is 0.306 e. The molecular formula is C14H17N3. The fraction of sp³-hybridized carbons (Fsp3) is 0.500. The third kappa shape index (κ3) is 1.23. The Morgan fingerprint density at radius 1 is 1.24 bits per heavy atom. The molecule has 2 aliphatic rings. The molecule has 3 heterocycles. The molecule has 0 aromatic carbocycles. The highest BCUT2D eigenvalue weighted by Crippen LogP contribution is 2.42. The molecule has 17 heavy (non-hydrogen) atoms. The third-order valence-electron chi connectivity index (χ3n) is 4.34. The van der Waals surface area contributed by atoms with Crippen LogP contribution in [0.4, 0.5) is 0 Å². The molecule has 1 aliphatic carbocycles. The zero-order chi connectivity index (χ0) is 11.3. The number of nitrogens with zero attached hydrogens (tertiary/aromatic N) is 2. The van der Waals surface area contributed by atoms with Gasteiger partial charge in [0.1, 0.15) is 5.65 Å². The lowest BCUT2D eigenvalue weighted by atomic mass is 9.88. The minimum absolute atomic E-state index is 0.217. The van der Waals surface area contributed by atoms with Crippen LogP contribution < -0.4 is 5.32 Å². The maximum atomic E-state index is 4.80. The Kier molecular flexibility index (Phi) is 1.89. The predicted octanol–water partition coefficient (Wildman–Crippen LogP) is 2.25. The van der Waals surface area contributed by atoms with E-state index < -0.39 is 0 Å². The first kappa shape index (κ1) is 9.66. The number of imidazole rings is 1. The average molecular weight is 227 g/mol. The van der Waals surface area contributed by atoms with Gasteiger partial charge < -0.3 is 9.72 Å². The van der Waals surface area contributed by atoms with Crippen LogP contribution in [0.15, 0.2) is 24.4 Å². The Bertz CT molecular complexity index is 564. The molecule has 0 bridgehead atoms. The van der Waals surface area contributed by atoms with Crippen molar-refractivity contribution < 1.29 is 0 Å². The fourth-order valence-electron chi connectivity index (χ4n) is 3.62. The monoisotopic (exact) mass is 227 g/mol. The van der Waals surface area contributed by atoms with E-state index in [4.69, 9.17) is 4.98 Å². The summed E-state index contributed by atoms with van der Waals surface area (Å²) in [5.41, 5.74) is 4.08. The summed E-state index contributed by atoms with van der Waals surface area (Å²) in [4.78, 5) is 4.80. The first-order valence-electron chi connectivity index (χ1n) is 6.61. The van der Waals surface area contributed by atoms with Crippen LogP contribution in [0.2, 0.25) is 0 Å². The SMILES string of the molecule is c1ccn2c3c(nc2c1)CCNC31CCCC1. The molecule has 1 fully saturated rings. The molecule has 88 valence electrons. The van der Waals surface area contributed by atoms with E-state index in [1.54, 1.807) is 0 Å². The van der Waals surface area contributed by atoms with Gasteiger partial charge in [-0.1, -0.05) is 18.9 Å². The molecular weight excluding hydrogens is 210 g/mol. The number of fused-ring (bicyclic) bond motifs is 4. The Balaban J connectivity index is 2.02. The predicted molar refractivity (Wildman–Crippen MR) is 67.0 cm³/mol. The molecule has 0 saturated heterocycles. The first-order chi connectivity index (χ1) is 8.39. The summed E-state index contributed by atoms with van der Waals surface area (Å²) in [6.07, 6.45) is 8.44. The topological polar surface area (TPSA) is 29.3 Å². The fourth-order valence-corrected chi connectivity index (χ4v) is 3.62. The molecule has 1 saturated carbocycles. The zero-order valence-electron chi connectivity index (χ0n) is 9.95. The highest BCUT2D eigenvalue weighted by Gasteiger charge is 2.41. The summed E-state index contributed by atoms with van der Waals surface area (Å²) in [7, 11) is 0. The number of nitrogens with one attached hydrogen (secondary N) is 1. The normalized spacial score (nSPS) is 22.1. The average Bonchev–Trinajstić information content (AvgIpc) is 2.94. The molecule has 4 rings (SSSR count). The Morgan fingerprint density at radius 3 is 3.00 bits per heavy atom. The lowest BCUT2D eigenvalue weighted by Crippen LogP contribution is -2.46. The van der Waals surface area contributed by atoms with Gasteiger partial charge in [-0.15, -0.1) is 0 Å². The molecule has 0 radical (unpaired) electrons. The second-order valence-electron chi connectivity index (χ2n) is 5.30. The van der Waals surface area contributed by atoms with Crippen LogP contribution in [-0.2, 0) is 12.0 Å². The van der Waals surface area contributed by atoms with Gasteiger partial charge in [-0.05, 0) is 25.0 Å². The van der Waals surface area contributed by atoms with Gasteiger partial charge in [0.15, 0.2) is 0 Å². The van der Waals surface area contributed by atoms with Gasteiger partial charge in [0, 0.05) is 19.2 Å². The van der Waals surface area contributed by atoms with Crippen LogP contribution in [-0.4, -0.2) is 15.9 Å². The van der Waals surface area contributed by atoms with Crippen molar-refractivity contribution in [2.75, 3.05) is 6.54 Å². The molecule has 1 spiro atoms. The maximum Gasteiger partial charge on any atom is 0.137 e. The number of rotatable bonds is 0. The molecule has 3 nitrogen and oxygen atoms in total. The van der Waals surface area contributed by atoms with Crippen molar-refractivity contribution in [3.8, 4) is 0 Å². The van der Waals surface area contributed by atoms with Gasteiger partial charge in [-0.2, -0.15) is 0 Å². The molecule has 0 unspecified atom stereocenters. The van der Waals surface area contributed by atoms with Gasteiger partial charge in [-0.3, -0.25) is 0 Å². The quantitative estimate of drug-likeness (QED) is 0.748. The molecule has 1 aliphatic heterocycles. The maximum absolute atomic E-state index is 4.80. The standard InChI is InChI=1S/C14H17N3/c1-4-10-17-12(5-1)16-11-6-9-15-14(13(11)17)7-2-3-8-14/h1,4-5,10,15H,2-3,6-9H2. The van der Waals surface area contributed by atoms with Crippen LogP contribution in [0.3, 0.4) is 0 Å². The Labute approximate surface area is 101 Å². The van der Waals surface area contributed by atoms with Crippen molar-refractivity contribution in [1.82, 2.24) is 14.7 Å². The zero-order valence-corrected chi connectivity index (χ0v) is 9.95. The summed E-state index contributed by atoms with van der Waals surface area (Å²) in [6, 6.07) is 6.29. The summed E-state index contributed by atoms with van der Waals surface area (Å²) in [6.45, 7) is 1.08. The van der Waals surface area contributed by atoms with E-state index in [0.29, 0.717) is 0 Å². The smallest absolute Gasteiger partial charge is 0.137 e. The van der Waals surface area contributed by atoms with E-state index in [1.807, 2.05) is 0 Å². The van der Waals surface area contributed by atoms with Crippen molar-refractivity contribution in [2.24, 2.45) is 0 Å². The molecule has 0 atom stereocenters. The van der Waals surface area contributed by atoms with Gasteiger partial charge in [0.05, 0.1) is 16.9 Å². The number of pyridine rings is 1. The second kappa shape index (κ2) is 3.33. The van der Waals surface area contributed by atoms with E-state index >= 15 is 0 Å². The van der Waals surface area contributed by atoms with Crippen molar-refractivity contribution in [2.45, 2.75) is 37.6 Å². The van der Waals surface area contributed by atoms with E-state index in [-0.39, 0.29) is 5.54 Å². The van der Waals surface area contributed by atoms with Crippen LogP contribution in [0.5, 0.6) is 0 Å². The minimum Gasteiger partial charge on any atom is -0.306 e. The lowest BCUT2D eigenvalue weighted by molar-refractivity contribution is 0.311. The molecule has 0 amide bonds. The van der Waals surface area contributed by atoms with E-state index in [1.165, 1.54) is 37.1 Å². The lowest BCUT2D eigenvalue weighted by Gasteiger charge is -2.34. The summed E-state index contributed by atoms with van der Waals surface area (Å²) >= 11 is 0. The van der Waals surface area contributed by atoms with Crippen molar-refractivity contribution >= 4 is 5.65 Å². The highest BCUT2D eigenvalue weighted by atomic mass is 15.1. The minimum atomic E-state index is 0.217. The Hall–Kier alpha value is -1.35. The molecule has 3 heteroatoms. The first-order valence-corrected chi connectivity index (χ1v) is 6.61. The van der Waals surface area contributed by atoms with Gasteiger partial charge in [0.25, 0.3) is 0 Å². The van der Waals surface area contributed by atoms with E-state index in [2.05, 4.69) is 34.1 Å². The van der Waals surface area contributed by atoms with Crippen molar-refractivity contribution in [3.63, 3.8) is 0 Å². The summed E-state index contributed by atoms with van der Waals surface area (Å²) in [5, 5.41) is 3.77. The summed E-state index contributed by atoms with van der Waals surface area (Å²) < 4.78 is 2.30. The molecule has 2 aromatic heterocycles. The summed E-state index contributed by atoms with van der Waals surface area (Å²) in [5.74, 6) is 0. The van der Waals surface area contributed by atoms with Gasteiger partial charge in [-0.25, -0.2) is 4.98 Å². The molecule has 1 N–H and O–H groups in total. The van der Waals surface area contributed by atoms with Crippen LogP contribution in [0.25, 0.3) is 5.65 Å². The second-order valence-corrected chi connectivity index (χ2v) is 5.30. The van der Waals surface area contributed by atoms with Gasteiger partial charge >= 0.3 is 0 Å².